The lowest BCUT2D eigenvalue weighted by Gasteiger charge is -2.32. The summed E-state index contributed by atoms with van der Waals surface area (Å²) >= 11 is 1.84. The van der Waals surface area contributed by atoms with Crippen molar-refractivity contribution in [1.82, 2.24) is 15.6 Å². The number of amides is 3. The zero-order chi connectivity index (χ0) is 24.9. The number of hydrogen-bond donors (Lipinski definition) is 4. The number of H-pyrrole nitrogens is 1. The van der Waals surface area contributed by atoms with Gasteiger partial charge in [-0.2, -0.15) is 0 Å². The van der Waals surface area contributed by atoms with Gasteiger partial charge in [0, 0.05) is 48.2 Å². The van der Waals surface area contributed by atoms with Crippen molar-refractivity contribution in [3.63, 3.8) is 0 Å². The Kier molecular flexibility index (Phi) is 7.13. The molecular formula is C28H29N5O2S. The Balaban J connectivity index is 1.37. The zero-order valence-corrected chi connectivity index (χ0v) is 20.9. The minimum Gasteiger partial charge on any atom is -0.365 e. The maximum absolute atomic E-state index is 13.0. The second kappa shape index (κ2) is 10.8. The lowest BCUT2D eigenvalue weighted by Crippen LogP contribution is -2.36. The summed E-state index contributed by atoms with van der Waals surface area (Å²) in [5.41, 5.74) is 4.90. The maximum atomic E-state index is 13.0. The molecule has 7 nitrogen and oxygen atoms in total. The summed E-state index contributed by atoms with van der Waals surface area (Å²) < 4.78 is 0. The molecule has 1 aromatic heterocycles. The first-order valence-corrected chi connectivity index (χ1v) is 13.0. The van der Waals surface area contributed by atoms with E-state index in [4.69, 9.17) is 0 Å². The van der Waals surface area contributed by atoms with E-state index < -0.39 is 6.04 Å². The average Bonchev–Trinajstić information content (AvgIpc) is 3.37. The molecule has 0 saturated carbocycles. The third kappa shape index (κ3) is 5.49. The molecule has 184 valence electrons. The van der Waals surface area contributed by atoms with Gasteiger partial charge in [-0.1, -0.05) is 42.5 Å². The molecule has 0 saturated heterocycles. The molecule has 3 aromatic carbocycles. The van der Waals surface area contributed by atoms with Gasteiger partial charge in [0.1, 0.15) is 0 Å². The van der Waals surface area contributed by atoms with Crippen LogP contribution in [0.15, 0.2) is 83.9 Å². The predicted octanol–water partition coefficient (Wildman–Crippen LogP) is 5.28. The van der Waals surface area contributed by atoms with Crippen molar-refractivity contribution in [3.05, 3.63) is 90.1 Å². The van der Waals surface area contributed by atoms with Gasteiger partial charge in [0.25, 0.3) is 0 Å². The van der Waals surface area contributed by atoms with Gasteiger partial charge in [-0.3, -0.25) is 4.79 Å². The van der Waals surface area contributed by atoms with Crippen LogP contribution in [0.3, 0.4) is 0 Å². The minimum absolute atomic E-state index is 0.138. The van der Waals surface area contributed by atoms with Gasteiger partial charge in [0.05, 0.1) is 18.2 Å². The molecule has 0 spiro atoms. The monoisotopic (exact) mass is 499 g/mol. The molecule has 1 aliphatic heterocycles. The Hall–Kier alpha value is -3.91. The van der Waals surface area contributed by atoms with Crippen LogP contribution in [-0.2, 0) is 11.3 Å². The number of aromatic amines is 1. The number of nitrogens with one attached hydrogen (secondary N) is 4. The van der Waals surface area contributed by atoms with Crippen LogP contribution in [0.25, 0.3) is 10.9 Å². The van der Waals surface area contributed by atoms with E-state index in [0.29, 0.717) is 5.69 Å². The number of carbonyl (C=O) groups excluding carboxylic acids is 2. The molecule has 1 unspecified atom stereocenters. The van der Waals surface area contributed by atoms with Crippen LogP contribution in [0.5, 0.6) is 0 Å². The van der Waals surface area contributed by atoms with E-state index in [1.165, 1.54) is 10.5 Å². The van der Waals surface area contributed by atoms with Crippen molar-refractivity contribution in [2.45, 2.75) is 23.9 Å². The Bertz CT molecular complexity index is 1370. The van der Waals surface area contributed by atoms with Crippen LogP contribution in [0.4, 0.5) is 16.2 Å². The number of fused-ring (bicyclic) bond motifs is 2. The summed E-state index contributed by atoms with van der Waals surface area (Å²) in [7, 11) is 1.61. The summed E-state index contributed by atoms with van der Waals surface area (Å²) in [6.07, 6.45) is 2.01. The standard InChI is InChI=1S/C28H29N5O2S/c1-29-27(34)17-24(32-28(35)31-22-9-7-20-11-12-30-23(20)16-22)21-8-10-26-25(15-21)33(13-14-36-26)18-19-5-3-2-4-6-19/h2-12,15-16,24,30H,13-14,17-18H2,1H3,(H,29,34)(H2,31,32,35). The van der Waals surface area contributed by atoms with E-state index in [9.17, 15) is 9.59 Å². The molecule has 1 atom stereocenters. The van der Waals surface area contributed by atoms with Gasteiger partial charge in [-0.15, -0.1) is 11.8 Å². The summed E-state index contributed by atoms with van der Waals surface area (Å²) in [5.74, 6) is 0.883. The van der Waals surface area contributed by atoms with E-state index in [2.05, 4.69) is 62.2 Å². The van der Waals surface area contributed by atoms with Gasteiger partial charge >= 0.3 is 6.03 Å². The van der Waals surface area contributed by atoms with Gasteiger partial charge < -0.3 is 25.8 Å². The molecule has 0 aliphatic carbocycles. The fourth-order valence-electron chi connectivity index (χ4n) is 4.47. The predicted molar refractivity (Wildman–Crippen MR) is 147 cm³/mol. The molecule has 8 heteroatoms. The molecule has 0 bridgehead atoms. The zero-order valence-electron chi connectivity index (χ0n) is 20.1. The van der Waals surface area contributed by atoms with Crippen molar-refractivity contribution in [1.29, 1.82) is 0 Å². The van der Waals surface area contributed by atoms with Crippen LogP contribution in [0, 0.1) is 0 Å². The third-order valence-electron chi connectivity index (χ3n) is 6.35. The highest BCUT2D eigenvalue weighted by atomic mass is 32.2. The Labute approximate surface area is 214 Å². The van der Waals surface area contributed by atoms with Gasteiger partial charge in [-0.05, 0) is 46.8 Å². The van der Waals surface area contributed by atoms with Crippen molar-refractivity contribution in [2.75, 3.05) is 29.6 Å². The Morgan fingerprint density at radius 2 is 1.92 bits per heavy atom. The number of hydrogen-bond acceptors (Lipinski definition) is 4. The largest absolute Gasteiger partial charge is 0.365 e. The number of rotatable bonds is 7. The number of aromatic nitrogens is 1. The number of urea groups is 1. The van der Waals surface area contributed by atoms with E-state index in [1.54, 1.807) is 7.05 Å². The molecule has 4 N–H and O–H groups in total. The molecule has 5 rings (SSSR count). The quantitative estimate of drug-likeness (QED) is 0.279. The first kappa shape index (κ1) is 23.8. The Morgan fingerprint density at radius 1 is 1.06 bits per heavy atom. The SMILES string of the molecule is CNC(=O)CC(NC(=O)Nc1ccc2cc[nH]c2c1)c1ccc2c(c1)N(Cc1ccccc1)CCS2. The van der Waals surface area contributed by atoms with Crippen LogP contribution in [0.1, 0.15) is 23.6 Å². The van der Waals surface area contributed by atoms with Gasteiger partial charge in [0.15, 0.2) is 0 Å². The van der Waals surface area contributed by atoms with E-state index in [1.807, 2.05) is 54.4 Å². The van der Waals surface area contributed by atoms with Gasteiger partial charge in [-0.25, -0.2) is 4.79 Å². The molecule has 0 radical (unpaired) electrons. The third-order valence-corrected chi connectivity index (χ3v) is 7.39. The lowest BCUT2D eigenvalue weighted by molar-refractivity contribution is -0.121. The average molecular weight is 500 g/mol. The molecule has 2 heterocycles. The van der Waals surface area contributed by atoms with E-state index in [0.717, 1.165) is 41.0 Å². The summed E-state index contributed by atoms with van der Waals surface area (Å²) in [5, 5.41) is 9.67. The maximum Gasteiger partial charge on any atom is 0.319 e. The first-order valence-electron chi connectivity index (χ1n) is 12.0. The summed E-state index contributed by atoms with van der Waals surface area (Å²) in [6, 6.07) is 23.5. The molecule has 1 aliphatic rings. The topological polar surface area (TPSA) is 89.3 Å². The number of thioether (sulfide) groups is 1. The van der Waals surface area contributed by atoms with Crippen LogP contribution in [0.2, 0.25) is 0 Å². The van der Waals surface area contributed by atoms with Crippen LogP contribution in [-0.4, -0.2) is 36.3 Å². The number of anilines is 2. The highest BCUT2D eigenvalue weighted by Gasteiger charge is 2.23. The lowest BCUT2D eigenvalue weighted by atomic mass is 10.0. The van der Waals surface area contributed by atoms with Crippen molar-refractivity contribution >= 4 is 46.0 Å². The normalized spacial score (nSPS) is 13.6. The van der Waals surface area contributed by atoms with Crippen molar-refractivity contribution in [2.24, 2.45) is 0 Å². The summed E-state index contributed by atoms with van der Waals surface area (Å²) in [6.45, 7) is 1.75. The smallest absolute Gasteiger partial charge is 0.319 e. The minimum atomic E-state index is -0.477. The van der Waals surface area contributed by atoms with Crippen LogP contribution >= 0.6 is 11.8 Å². The van der Waals surface area contributed by atoms with E-state index >= 15 is 0 Å². The first-order chi connectivity index (χ1) is 17.6. The highest BCUT2D eigenvalue weighted by Crippen LogP contribution is 2.37. The molecule has 4 aromatic rings. The van der Waals surface area contributed by atoms with E-state index in [-0.39, 0.29) is 18.4 Å². The molecular weight excluding hydrogens is 470 g/mol. The number of carbonyl (C=O) groups is 2. The fraction of sp³-hybridized carbons (Fsp3) is 0.214. The number of benzene rings is 3. The fourth-order valence-corrected chi connectivity index (χ4v) is 5.50. The Morgan fingerprint density at radius 3 is 2.75 bits per heavy atom. The molecule has 36 heavy (non-hydrogen) atoms. The highest BCUT2D eigenvalue weighted by molar-refractivity contribution is 7.99. The second-order valence-corrected chi connectivity index (χ2v) is 9.93. The molecule has 0 fully saturated rings. The van der Waals surface area contributed by atoms with Gasteiger partial charge in [0.2, 0.25) is 5.91 Å². The second-order valence-electron chi connectivity index (χ2n) is 8.79. The van der Waals surface area contributed by atoms with Crippen molar-refractivity contribution < 1.29 is 9.59 Å². The van der Waals surface area contributed by atoms with Crippen LogP contribution < -0.4 is 20.9 Å². The number of nitrogens with zero attached hydrogens (tertiary/aromatic N) is 1. The van der Waals surface area contributed by atoms with Crippen molar-refractivity contribution in [3.8, 4) is 0 Å². The molecule has 3 amide bonds. The summed E-state index contributed by atoms with van der Waals surface area (Å²) in [4.78, 5) is 32.0.